The van der Waals surface area contributed by atoms with Gasteiger partial charge in [0.15, 0.2) is 5.82 Å². The van der Waals surface area contributed by atoms with Crippen molar-refractivity contribution in [3.05, 3.63) is 11.7 Å². The number of aromatic nitrogens is 2. The lowest BCUT2D eigenvalue weighted by atomic mass is 10.1. The zero-order valence-corrected chi connectivity index (χ0v) is 12.0. The summed E-state index contributed by atoms with van der Waals surface area (Å²) < 4.78 is 5.10. The largest absolute Gasteiger partial charge is 0.354 e. The van der Waals surface area contributed by atoms with Gasteiger partial charge in [0.2, 0.25) is 11.8 Å². The zero-order chi connectivity index (χ0) is 14.3. The number of nitrogens with two attached hydrogens (primary N) is 1. The second-order valence-electron chi connectivity index (χ2n) is 5.47. The van der Waals surface area contributed by atoms with Gasteiger partial charge < -0.3 is 15.6 Å². The van der Waals surface area contributed by atoms with Crippen molar-refractivity contribution in [1.29, 1.82) is 0 Å². The summed E-state index contributed by atoms with van der Waals surface area (Å²) in [5, 5.41) is 6.67. The Morgan fingerprint density at radius 3 is 2.79 bits per heavy atom. The quantitative estimate of drug-likeness (QED) is 0.738. The van der Waals surface area contributed by atoms with Gasteiger partial charge in [0.1, 0.15) is 0 Å². The smallest absolute Gasteiger partial charge is 0.226 e. The Labute approximate surface area is 114 Å². The number of nitrogens with zero attached hydrogens (tertiary/aromatic N) is 2. The molecule has 6 nitrogen and oxygen atoms in total. The third-order valence-electron chi connectivity index (χ3n) is 2.52. The Bertz CT molecular complexity index is 396. The van der Waals surface area contributed by atoms with Crippen LogP contribution in [0.4, 0.5) is 0 Å². The number of amides is 1. The SMILES string of the molecule is CCCc1noc(CCCC(=O)NCC(C)(C)N)n1. The molecule has 0 radical (unpaired) electrons. The van der Waals surface area contributed by atoms with Crippen LogP contribution in [-0.2, 0) is 17.6 Å². The molecule has 3 N–H and O–H groups in total. The van der Waals surface area contributed by atoms with Gasteiger partial charge in [0.25, 0.3) is 0 Å². The lowest BCUT2D eigenvalue weighted by molar-refractivity contribution is -0.121. The van der Waals surface area contributed by atoms with Crippen LogP contribution in [0.2, 0.25) is 0 Å². The summed E-state index contributed by atoms with van der Waals surface area (Å²) in [6.45, 7) is 6.30. The first-order valence-electron chi connectivity index (χ1n) is 6.78. The Hall–Kier alpha value is -1.43. The fourth-order valence-electron chi connectivity index (χ4n) is 1.53. The molecule has 108 valence electrons. The molecule has 0 aromatic carbocycles. The summed E-state index contributed by atoms with van der Waals surface area (Å²) in [6, 6.07) is 0. The van der Waals surface area contributed by atoms with Crippen molar-refractivity contribution in [2.45, 2.75) is 58.4 Å². The molecule has 0 aliphatic heterocycles. The summed E-state index contributed by atoms with van der Waals surface area (Å²) in [5.41, 5.74) is 5.41. The molecule has 6 heteroatoms. The van der Waals surface area contributed by atoms with E-state index in [1.54, 1.807) is 0 Å². The van der Waals surface area contributed by atoms with E-state index in [0.717, 1.165) is 18.7 Å². The highest BCUT2D eigenvalue weighted by atomic mass is 16.5. The molecule has 0 aliphatic rings. The molecule has 1 amide bonds. The molecule has 1 aromatic heterocycles. The molecule has 0 spiro atoms. The van der Waals surface area contributed by atoms with E-state index in [1.165, 1.54) is 0 Å². The van der Waals surface area contributed by atoms with Gasteiger partial charge in [-0.3, -0.25) is 4.79 Å². The van der Waals surface area contributed by atoms with Gasteiger partial charge in [0, 0.05) is 31.3 Å². The predicted octanol–water partition coefficient (Wildman–Crippen LogP) is 1.20. The first-order valence-corrected chi connectivity index (χ1v) is 6.78. The predicted molar refractivity (Wildman–Crippen MR) is 72.5 cm³/mol. The molecular weight excluding hydrogens is 244 g/mol. The lowest BCUT2D eigenvalue weighted by Gasteiger charge is -2.18. The molecule has 0 unspecified atom stereocenters. The topological polar surface area (TPSA) is 94.0 Å². The molecule has 1 heterocycles. The Morgan fingerprint density at radius 2 is 2.16 bits per heavy atom. The van der Waals surface area contributed by atoms with E-state index in [2.05, 4.69) is 22.4 Å². The number of rotatable bonds is 8. The van der Waals surface area contributed by atoms with Crippen LogP contribution >= 0.6 is 0 Å². The van der Waals surface area contributed by atoms with Crippen LogP contribution in [0.5, 0.6) is 0 Å². The summed E-state index contributed by atoms with van der Waals surface area (Å²) in [4.78, 5) is 15.8. The minimum Gasteiger partial charge on any atom is -0.354 e. The molecule has 0 atom stereocenters. The molecule has 1 rings (SSSR count). The van der Waals surface area contributed by atoms with E-state index < -0.39 is 0 Å². The van der Waals surface area contributed by atoms with Gasteiger partial charge in [-0.25, -0.2) is 0 Å². The number of hydrogen-bond donors (Lipinski definition) is 2. The van der Waals surface area contributed by atoms with Crippen molar-refractivity contribution in [2.24, 2.45) is 5.73 Å². The fourth-order valence-corrected chi connectivity index (χ4v) is 1.53. The average molecular weight is 268 g/mol. The van der Waals surface area contributed by atoms with Crippen LogP contribution in [0.1, 0.15) is 51.7 Å². The lowest BCUT2D eigenvalue weighted by Crippen LogP contribution is -2.45. The highest BCUT2D eigenvalue weighted by molar-refractivity contribution is 5.75. The highest BCUT2D eigenvalue weighted by Gasteiger charge is 2.12. The molecule has 1 aromatic rings. The van der Waals surface area contributed by atoms with Gasteiger partial charge in [-0.05, 0) is 26.7 Å². The molecule has 0 aliphatic carbocycles. The monoisotopic (exact) mass is 268 g/mol. The summed E-state index contributed by atoms with van der Waals surface area (Å²) in [5.74, 6) is 1.36. The minimum absolute atomic E-state index is 0.00632. The maximum Gasteiger partial charge on any atom is 0.226 e. The molecule has 0 saturated heterocycles. The van der Waals surface area contributed by atoms with E-state index in [0.29, 0.717) is 31.7 Å². The molecule has 0 fully saturated rings. The molecule has 0 saturated carbocycles. The van der Waals surface area contributed by atoms with Crippen molar-refractivity contribution in [1.82, 2.24) is 15.5 Å². The second kappa shape index (κ2) is 7.23. The number of nitrogens with one attached hydrogen (secondary N) is 1. The first kappa shape index (κ1) is 15.6. The van der Waals surface area contributed by atoms with Crippen molar-refractivity contribution in [2.75, 3.05) is 6.54 Å². The maximum absolute atomic E-state index is 11.6. The van der Waals surface area contributed by atoms with Crippen molar-refractivity contribution < 1.29 is 9.32 Å². The van der Waals surface area contributed by atoms with Crippen LogP contribution < -0.4 is 11.1 Å². The van der Waals surface area contributed by atoms with Crippen LogP contribution in [0, 0.1) is 0 Å². The average Bonchev–Trinajstić information content (AvgIpc) is 2.74. The first-order chi connectivity index (χ1) is 8.90. The zero-order valence-electron chi connectivity index (χ0n) is 12.0. The van der Waals surface area contributed by atoms with Crippen LogP contribution in [-0.4, -0.2) is 28.1 Å². The van der Waals surface area contributed by atoms with E-state index in [4.69, 9.17) is 10.3 Å². The minimum atomic E-state index is -0.378. The van der Waals surface area contributed by atoms with Gasteiger partial charge in [0.05, 0.1) is 0 Å². The standard InChI is InChI=1S/C13H24N4O2/c1-4-6-10-16-12(19-17-10)8-5-7-11(18)15-9-13(2,3)14/h4-9,14H2,1-3H3,(H,15,18). The van der Waals surface area contributed by atoms with Crippen LogP contribution in [0.15, 0.2) is 4.52 Å². The fraction of sp³-hybridized carbons (Fsp3) is 0.769. The summed E-state index contributed by atoms with van der Waals surface area (Å²) >= 11 is 0. The maximum atomic E-state index is 11.6. The van der Waals surface area contributed by atoms with Gasteiger partial charge in [-0.2, -0.15) is 4.98 Å². The Balaban J connectivity index is 2.20. The molecular formula is C13H24N4O2. The highest BCUT2D eigenvalue weighted by Crippen LogP contribution is 2.05. The van der Waals surface area contributed by atoms with E-state index in [-0.39, 0.29) is 11.4 Å². The Morgan fingerprint density at radius 1 is 1.42 bits per heavy atom. The second-order valence-corrected chi connectivity index (χ2v) is 5.47. The molecule has 19 heavy (non-hydrogen) atoms. The molecule has 0 bridgehead atoms. The third kappa shape index (κ3) is 6.91. The van der Waals surface area contributed by atoms with E-state index in [1.807, 2.05) is 13.8 Å². The summed E-state index contributed by atoms with van der Waals surface area (Å²) in [7, 11) is 0. The third-order valence-corrected chi connectivity index (χ3v) is 2.52. The Kier molecular flexibility index (Phi) is 5.95. The van der Waals surface area contributed by atoms with Crippen molar-refractivity contribution >= 4 is 5.91 Å². The summed E-state index contributed by atoms with van der Waals surface area (Å²) in [6.07, 6.45) is 3.61. The number of carbonyl (C=O) groups excluding carboxylic acids is 1. The number of hydrogen-bond acceptors (Lipinski definition) is 5. The van der Waals surface area contributed by atoms with E-state index >= 15 is 0 Å². The van der Waals surface area contributed by atoms with E-state index in [9.17, 15) is 4.79 Å². The van der Waals surface area contributed by atoms with Gasteiger partial charge >= 0.3 is 0 Å². The van der Waals surface area contributed by atoms with Gasteiger partial charge in [-0.1, -0.05) is 12.1 Å². The normalized spacial score (nSPS) is 11.6. The van der Waals surface area contributed by atoms with Crippen molar-refractivity contribution in [3.63, 3.8) is 0 Å². The number of aryl methyl sites for hydroxylation is 2. The van der Waals surface area contributed by atoms with Gasteiger partial charge in [-0.15, -0.1) is 0 Å². The van der Waals surface area contributed by atoms with Crippen LogP contribution in [0.25, 0.3) is 0 Å². The van der Waals surface area contributed by atoms with Crippen LogP contribution in [0.3, 0.4) is 0 Å². The van der Waals surface area contributed by atoms with Crippen molar-refractivity contribution in [3.8, 4) is 0 Å². The number of carbonyl (C=O) groups is 1.